The molecule has 18 heavy (non-hydrogen) atoms. The molecule has 1 heterocycles. The van der Waals surface area contributed by atoms with Gasteiger partial charge in [-0.05, 0) is 17.7 Å². The summed E-state index contributed by atoms with van der Waals surface area (Å²) in [4.78, 5) is 2.18. The van der Waals surface area contributed by atoms with Gasteiger partial charge in [-0.2, -0.15) is 13.2 Å². The van der Waals surface area contributed by atoms with Gasteiger partial charge in [0.1, 0.15) is 0 Å². The molecule has 1 aliphatic rings. The van der Waals surface area contributed by atoms with Gasteiger partial charge in [0.2, 0.25) is 0 Å². The van der Waals surface area contributed by atoms with Crippen LogP contribution >= 0.6 is 0 Å². The van der Waals surface area contributed by atoms with Crippen molar-refractivity contribution in [2.45, 2.75) is 12.7 Å². The van der Waals surface area contributed by atoms with Crippen molar-refractivity contribution in [3.8, 4) is 0 Å². The molecule has 2 rings (SSSR count). The largest absolute Gasteiger partial charge is 0.416 e. The van der Waals surface area contributed by atoms with Gasteiger partial charge in [-0.25, -0.2) is 0 Å². The van der Waals surface area contributed by atoms with Crippen LogP contribution in [0.25, 0.3) is 0 Å². The molecule has 1 aliphatic heterocycles. The number of nitrogen functional groups attached to an aromatic ring is 1. The minimum atomic E-state index is -4.33. The first-order chi connectivity index (χ1) is 8.47. The van der Waals surface area contributed by atoms with E-state index in [1.54, 1.807) is 0 Å². The Bertz CT molecular complexity index is 412. The number of nitrogens with one attached hydrogen (secondary N) is 1. The van der Waals surface area contributed by atoms with Gasteiger partial charge in [0.25, 0.3) is 0 Å². The van der Waals surface area contributed by atoms with Gasteiger partial charge in [0.15, 0.2) is 0 Å². The number of rotatable bonds is 2. The van der Waals surface area contributed by atoms with Crippen LogP contribution in [-0.4, -0.2) is 31.1 Å². The molecule has 1 aromatic rings. The van der Waals surface area contributed by atoms with E-state index < -0.39 is 11.7 Å². The quantitative estimate of drug-likeness (QED) is 0.794. The maximum Gasteiger partial charge on any atom is 0.416 e. The lowest BCUT2D eigenvalue weighted by Gasteiger charge is -2.27. The van der Waals surface area contributed by atoms with E-state index in [-0.39, 0.29) is 5.69 Å². The zero-order valence-electron chi connectivity index (χ0n) is 9.93. The molecule has 0 atom stereocenters. The first kappa shape index (κ1) is 13.2. The van der Waals surface area contributed by atoms with Crippen molar-refractivity contribution in [2.75, 3.05) is 31.9 Å². The Balaban J connectivity index is 2.09. The predicted octanol–water partition coefficient (Wildman–Crippen LogP) is 1.69. The summed E-state index contributed by atoms with van der Waals surface area (Å²) in [5, 5.41) is 3.22. The maximum absolute atomic E-state index is 12.5. The number of halogens is 3. The van der Waals surface area contributed by atoms with Crippen LogP contribution in [0.4, 0.5) is 18.9 Å². The number of piperazine rings is 1. The molecule has 0 radical (unpaired) electrons. The SMILES string of the molecule is Nc1cc(C(F)(F)F)ccc1CN1CCNCC1. The summed E-state index contributed by atoms with van der Waals surface area (Å²) in [6.45, 7) is 4.19. The average molecular weight is 259 g/mol. The van der Waals surface area contributed by atoms with Gasteiger partial charge in [-0.15, -0.1) is 0 Å². The lowest BCUT2D eigenvalue weighted by atomic mass is 10.1. The van der Waals surface area contributed by atoms with Crippen LogP contribution < -0.4 is 11.1 Å². The van der Waals surface area contributed by atoms with Crippen molar-refractivity contribution in [3.05, 3.63) is 29.3 Å². The zero-order chi connectivity index (χ0) is 13.2. The second kappa shape index (κ2) is 5.16. The van der Waals surface area contributed by atoms with Crippen molar-refractivity contribution in [2.24, 2.45) is 0 Å². The van der Waals surface area contributed by atoms with E-state index in [4.69, 9.17) is 5.73 Å². The number of nitrogens with zero attached hydrogens (tertiary/aromatic N) is 1. The summed E-state index contributed by atoms with van der Waals surface area (Å²) >= 11 is 0. The third kappa shape index (κ3) is 3.14. The van der Waals surface area contributed by atoms with Gasteiger partial charge in [0, 0.05) is 38.4 Å². The van der Waals surface area contributed by atoms with Crippen molar-refractivity contribution in [3.63, 3.8) is 0 Å². The Labute approximate surface area is 104 Å². The monoisotopic (exact) mass is 259 g/mol. The molecule has 0 saturated carbocycles. The third-order valence-corrected chi connectivity index (χ3v) is 3.08. The van der Waals surface area contributed by atoms with E-state index in [0.717, 1.165) is 43.9 Å². The zero-order valence-corrected chi connectivity index (χ0v) is 9.93. The fourth-order valence-corrected chi connectivity index (χ4v) is 2.03. The average Bonchev–Trinajstić information content (AvgIpc) is 2.32. The number of anilines is 1. The second-order valence-electron chi connectivity index (χ2n) is 4.44. The van der Waals surface area contributed by atoms with E-state index >= 15 is 0 Å². The van der Waals surface area contributed by atoms with Gasteiger partial charge >= 0.3 is 6.18 Å². The van der Waals surface area contributed by atoms with Crippen LogP contribution in [-0.2, 0) is 12.7 Å². The van der Waals surface area contributed by atoms with Crippen LogP contribution in [0, 0.1) is 0 Å². The standard InChI is InChI=1S/C12H16F3N3/c13-12(14,15)10-2-1-9(11(16)7-10)8-18-5-3-17-4-6-18/h1-2,7,17H,3-6,8,16H2. The minimum Gasteiger partial charge on any atom is -0.398 e. The molecular weight excluding hydrogens is 243 g/mol. The Morgan fingerprint density at radius 3 is 2.44 bits per heavy atom. The summed E-state index contributed by atoms with van der Waals surface area (Å²) in [6.07, 6.45) is -4.33. The highest BCUT2D eigenvalue weighted by Gasteiger charge is 2.30. The lowest BCUT2D eigenvalue weighted by molar-refractivity contribution is -0.137. The van der Waals surface area contributed by atoms with Crippen LogP contribution in [0.5, 0.6) is 0 Å². The molecule has 0 unspecified atom stereocenters. The highest BCUT2D eigenvalue weighted by Crippen LogP contribution is 2.31. The van der Waals surface area contributed by atoms with Crippen LogP contribution in [0.2, 0.25) is 0 Å². The van der Waals surface area contributed by atoms with Gasteiger partial charge < -0.3 is 11.1 Å². The Morgan fingerprint density at radius 2 is 1.89 bits per heavy atom. The summed E-state index contributed by atoms with van der Waals surface area (Å²) < 4.78 is 37.5. The molecule has 1 saturated heterocycles. The van der Waals surface area contributed by atoms with Gasteiger partial charge in [-0.3, -0.25) is 4.90 Å². The summed E-state index contributed by atoms with van der Waals surface area (Å²) in [6, 6.07) is 3.58. The first-order valence-corrected chi connectivity index (χ1v) is 5.85. The second-order valence-corrected chi connectivity index (χ2v) is 4.44. The van der Waals surface area contributed by atoms with Crippen molar-refractivity contribution < 1.29 is 13.2 Å². The van der Waals surface area contributed by atoms with E-state index in [2.05, 4.69) is 10.2 Å². The van der Waals surface area contributed by atoms with Crippen molar-refractivity contribution in [1.82, 2.24) is 10.2 Å². The highest BCUT2D eigenvalue weighted by atomic mass is 19.4. The molecule has 3 N–H and O–H groups in total. The summed E-state index contributed by atoms with van der Waals surface area (Å²) in [7, 11) is 0. The van der Waals surface area contributed by atoms with E-state index in [0.29, 0.717) is 6.54 Å². The highest BCUT2D eigenvalue weighted by molar-refractivity contribution is 5.49. The molecule has 1 aromatic carbocycles. The number of hydrogen-bond donors (Lipinski definition) is 2. The number of hydrogen-bond acceptors (Lipinski definition) is 3. The number of benzene rings is 1. The van der Waals surface area contributed by atoms with Gasteiger partial charge in [0.05, 0.1) is 5.56 Å². The molecule has 0 amide bonds. The van der Waals surface area contributed by atoms with Crippen molar-refractivity contribution in [1.29, 1.82) is 0 Å². The Hall–Kier alpha value is -1.27. The Morgan fingerprint density at radius 1 is 1.22 bits per heavy atom. The fraction of sp³-hybridized carbons (Fsp3) is 0.500. The lowest BCUT2D eigenvalue weighted by Crippen LogP contribution is -2.43. The van der Waals surface area contributed by atoms with Crippen LogP contribution in [0.3, 0.4) is 0 Å². The molecule has 0 spiro atoms. The number of alkyl halides is 3. The Kier molecular flexibility index (Phi) is 3.77. The molecule has 1 fully saturated rings. The smallest absolute Gasteiger partial charge is 0.398 e. The topological polar surface area (TPSA) is 41.3 Å². The van der Waals surface area contributed by atoms with Crippen molar-refractivity contribution >= 4 is 5.69 Å². The fourth-order valence-electron chi connectivity index (χ4n) is 2.03. The summed E-state index contributed by atoms with van der Waals surface area (Å²) in [5.41, 5.74) is 5.97. The molecule has 0 aliphatic carbocycles. The van der Waals surface area contributed by atoms with Crippen LogP contribution in [0.1, 0.15) is 11.1 Å². The molecular formula is C12H16F3N3. The first-order valence-electron chi connectivity index (χ1n) is 5.85. The van der Waals surface area contributed by atoms with E-state index in [1.807, 2.05) is 0 Å². The molecule has 3 nitrogen and oxygen atoms in total. The summed E-state index contributed by atoms with van der Waals surface area (Å²) in [5.74, 6) is 0. The van der Waals surface area contributed by atoms with Gasteiger partial charge in [-0.1, -0.05) is 6.07 Å². The predicted molar refractivity (Wildman–Crippen MR) is 64.0 cm³/mol. The third-order valence-electron chi connectivity index (χ3n) is 3.08. The normalized spacial score (nSPS) is 17.9. The number of nitrogens with two attached hydrogens (primary N) is 1. The van der Waals surface area contributed by atoms with Crippen LogP contribution in [0.15, 0.2) is 18.2 Å². The molecule has 100 valence electrons. The van der Waals surface area contributed by atoms with E-state index in [1.165, 1.54) is 6.07 Å². The molecule has 0 bridgehead atoms. The maximum atomic E-state index is 12.5. The molecule has 6 heteroatoms. The van der Waals surface area contributed by atoms with E-state index in [9.17, 15) is 13.2 Å². The molecule has 0 aromatic heterocycles. The minimum absolute atomic E-state index is 0.211.